The molecular weight excluding hydrogens is 334 g/mol. The van der Waals surface area contributed by atoms with E-state index in [1.165, 1.54) is 11.8 Å². The molecule has 1 fully saturated rings. The van der Waals surface area contributed by atoms with E-state index in [1.807, 2.05) is 46.9 Å². The van der Waals surface area contributed by atoms with E-state index in [0.717, 1.165) is 10.8 Å². The Balaban J connectivity index is 1.71. The summed E-state index contributed by atoms with van der Waals surface area (Å²) in [4.78, 5) is 18.7. The molecule has 0 radical (unpaired) electrons. The summed E-state index contributed by atoms with van der Waals surface area (Å²) in [5.41, 5.74) is 0.973. The molecule has 5 nitrogen and oxygen atoms in total. The van der Waals surface area contributed by atoms with Crippen LogP contribution in [0.2, 0.25) is 5.02 Å². The zero-order chi connectivity index (χ0) is 16.2. The van der Waals surface area contributed by atoms with E-state index in [2.05, 4.69) is 4.98 Å². The number of ether oxygens (including phenoxy) is 1. The maximum Gasteiger partial charge on any atom is 0.236 e. The number of hydrogen-bond donors (Lipinski definition) is 0. The predicted molar refractivity (Wildman–Crippen MR) is 91.3 cm³/mol. The summed E-state index contributed by atoms with van der Waals surface area (Å²) >= 11 is 7.40. The van der Waals surface area contributed by atoms with E-state index in [9.17, 15) is 4.79 Å². The van der Waals surface area contributed by atoms with Crippen LogP contribution < -0.4 is 0 Å². The van der Waals surface area contributed by atoms with Crippen LogP contribution in [0.25, 0.3) is 5.69 Å². The van der Waals surface area contributed by atoms with Crippen molar-refractivity contribution in [3.63, 3.8) is 0 Å². The first-order valence-corrected chi connectivity index (χ1v) is 8.73. The van der Waals surface area contributed by atoms with Gasteiger partial charge in [-0.3, -0.25) is 9.36 Å². The summed E-state index contributed by atoms with van der Waals surface area (Å²) in [7, 11) is 0. The average molecular weight is 352 g/mol. The number of aromatic nitrogens is 2. The van der Waals surface area contributed by atoms with Crippen LogP contribution in [-0.4, -0.2) is 51.9 Å². The van der Waals surface area contributed by atoms with Crippen molar-refractivity contribution >= 4 is 29.3 Å². The van der Waals surface area contributed by atoms with Crippen LogP contribution in [0.3, 0.4) is 0 Å². The van der Waals surface area contributed by atoms with Gasteiger partial charge >= 0.3 is 0 Å². The van der Waals surface area contributed by atoms with Gasteiger partial charge in [0.1, 0.15) is 0 Å². The maximum atomic E-state index is 12.5. The first-order chi connectivity index (χ1) is 11.1. The lowest BCUT2D eigenvalue weighted by Crippen LogP contribution is -2.44. The summed E-state index contributed by atoms with van der Waals surface area (Å²) < 4.78 is 7.26. The number of rotatable bonds is 4. The second-order valence-electron chi connectivity index (χ2n) is 5.25. The molecule has 2 aromatic rings. The molecule has 1 aliphatic heterocycles. The van der Waals surface area contributed by atoms with E-state index in [1.54, 1.807) is 6.20 Å². The number of amides is 1. The molecule has 0 saturated carbocycles. The maximum absolute atomic E-state index is 12.5. The van der Waals surface area contributed by atoms with Crippen LogP contribution in [0.5, 0.6) is 0 Å². The second-order valence-corrected chi connectivity index (χ2v) is 7.00. The number of hydrogen-bond acceptors (Lipinski definition) is 4. The number of imidazole rings is 1. The molecule has 0 aliphatic carbocycles. The fourth-order valence-electron chi connectivity index (χ4n) is 2.42. The lowest BCUT2D eigenvalue weighted by Gasteiger charge is -2.28. The molecule has 0 unspecified atom stereocenters. The van der Waals surface area contributed by atoms with E-state index in [4.69, 9.17) is 16.3 Å². The van der Waals surface area contributed by atoms with Crippen molar-refractivity contribution in [2.24, 2.45) is 0 Å². The van der Waals surface area contributed by atoms with Crippen molar-refractivity contribution in [2.75, 3.05) is 26.3 Å². The van der Waals surface area contributed by atoms with Gasteiger partial charge in [-0.2, -0.15) is 0 Å². The van der Waals surface area contributed by atoms with Gasteiger partial charge in [0.15, 0.2) is 5.16 Å². The highest BCUT2D eigenvalue weighted by atomic mass is 35.5. The van der Waals surface area contributed by atoms with Crippen LogP contribution in [-0.2, 0) is 9.53 Å². The van der Waals surface area contributed by atoms with Crippen molar-refractivity contribution in [1.29, 1.82) is 0 Å². The monoisotopic (exact) mass is 351 g/mol. The number of morpholine rings is 1. The summed E-state index contributed by atoms with van der Waals surface area (Å²) in [6.07, 6.45) is 3.63. The minimum Gasteiger partial charge on any atom is -0.378 e. The highest BCUT2D eigenvalue weighted by molar-refractivity contribution is 8.00. The zero-order valence-electron chi connectivity index (χ0n) is 12.8. The van der Waals surface area contributed by atoms with Gasteiger partial charge in [-0.15, -0.1) is 0 Å². The molecule has 122 valence electrons. The van der Waals surface area contributed by atoms with E-state index in [0.29, 0.717) is 31.3 Å². The number of carbonyl (C=O) groups excluding carboxylic acids is 1. The van der Waals surface area contributed by atoms with Crippen molar-refractivity contribution < 1.29 is 9.53 Å². The number of thioether (sulfide) groups is 1. The molecule has 0 N–H and O–H groups in total. The Labute approximate surface area is 144 Å². The topological polar surface area (TPSA) is 47.4 Å². The van der Waals surface area contributed by atoms with E-state index >= 15 is 0 Å². The number of nitrogens with zero attached hydrogens (tertiary/aromatic N) is 3. The minimum absolute atomic E-state index is 0.129. The highest BCUT2D eigenvalue weighted by Gasteiger charge is 2.24. The molecule has 1 aromatic carbocycles. The summed E-state index contributed by atoms with van der Waals surface area (Å²) in [6, 6.07) is 7.55. The largest absolute Gasteiger partial charge is 0.378 e. The zero-order valence-corrected chi connectivity index (χ0v) is 14.4. The van der Waals surface area contributed by atoms with Gasteiger partial charge in [0.05, 0.1) is 18.5 Å². The third-order valence-corrected chi connectivity index (χ3v) is 4.98. The number of halogens is 1. The van der Waals surface area contributed by atoms with Crippen molar-refractivity contribution in [3.8, 4) is 5.69 Å². The highest BCUT2D eigenvalue weighted by Crippen LogP contribution is 2.26. The van der Waals surface area contributed by atoms with Crippen LogP contribution in [0, 0.1) is 0 Å². The molecule has 1 saturated heterocycles. The first kappa shape index (κ1) is 16.4. The van der Waals surface area contributed by atoms with Crippen LogP contribution in [0.4, 0.5) is 0 Å². The molecule has 7 heteroatoms. The quantitative estimate of drug-likeness (QED) is 0.795. The molecule has 23 heavy (non-hydrogen) atoms. The van der Waals surface area contributed by atoms with Gasteiger partial charge < -0.3 is 9.64 Å². The van der Waals surface area contributed by atoms with Gasteiger partial charge in [0, 0.05) is 36.2 Å². The molecule has 0 spiro atoms. The van der Waals surface area contributed by atoms with Gasteiger partial charge in [-0.05, 0) is 31.2 Å². The minimum atomic E-state index is -0.193. The molecular formula is C16H18ClN3O2S. The Morgan fingerprint density at radius 1 is 1.30 bits per heavy atom. The molecule has 1 atom stereocenters. The smallest absolute Gasteiger partial charge is 0.236 e. The summed E-state index contributed by atoms with van der Waals surface area (Å²) in [6.45, 7) is 4.47. The Morgan fingerprint density at radius 3 is 2.70 bits per heavy atom. The fraction of sp³-hybridized carbons (Fsp3) is 0.375. The van der Waals surface area contributed by atoms with Crippen molar-refractivity contribution in [2.45, 2.75) is 17.3 Å². The molecule has 0 bridgehead atoms. The lowest BCUT2D eigenvalue weighted by molar-refractivity contribution is -0.134. The van der Waals surface area contributed by atoms with Gasteiger partial charge in [0.2, 0.25) is 5.91 Å². The van der Waals surface area contributed by atoms with Gasteiger partial charge in [0.25, 0.3) is 0 Å². The molecule has 3 rings (SSSR count). The average Bonchev–Trinajstić information content (AvgIpc) is 3.03. The standard InChI is InChI=1S/C16H18ClN3O2S/c1-12(15(21)19-8-10-22-11-9-19)23-16-18-6-7-20(16)14-4-2-13(17)3-5-14/h2-7,12H,8-11H2,1H3/t12-/m1/s1. The third-order valence-electron chi connectivity index (χ3n) is 3.66. The lowest BCUT2D eigenvalue weighted by atomic mass is 10.3. The molecule has 2 heterocycles. The van der Waals surface area contributed by atoms with Crippen molar-refractivity contribution in [1.82, 2.24) is 14.5 Å². The number of benzene rings is 1. The Hall–Kier alpha value is -1.50. The van der Waals surface area contributed by atoms with Crippen molar-refractivity contribution in [3.05, 3.63) is 41.7 Å². The number of carbonyl (C=O) groups is 1. The van der Waals surface area contributed by atoms with Crippen LogP contribution in [0.15, 0.2) is 41.8 Å². The molecule has 1 amide bonds. The van der Waals surface area contributed by atoms with Gasteiger partial charge in [-0.25, -0.2) is 4.98 Å². The Bertz CT molecular complexity index is 668. The van der Waals surface area contributed by atoms with Crippen LogP contribution >= 0.6 is 23.4 Å². The van der Waals surface area contributed by atoms with E-state index in [-0.39, 0.29) is 11.2 Å². The van der Waals surface area contributed by atoms with E-state index < -0.39 is 0 Å². The van der Waals surface area contributed by atoms with Gasteiger partial charge in [-0.1, -0.05) is 23.4 Å². The van der Waals surface area contributed by atoms with Crippen LogP contribution in [0.1, 0.15) is 6.92 Å². The Kier molecular flexibility index (Phi) is 5.25. The molecule has 1 aromatic heterocycles. The molecule has 1 aliphatic rings. The predicted octanol–water partition coefficient (Wildman–Crippen LogP) is 2.87. The summed E-state index contributed by atoms with van der Waals surface area (Å²) in [5, 5.41) is 1.29. The SMILES string of the molecule is C[C@@H](Sc1nccn1-c1ccc(Cl)cc1)C(=O)N1CCOCC1. The second kappa shape index (κ2) is 7.38. The summed E-state index contributed by atoms with van der Waals surface area (Å²) in [5.74, 6) is 0.129. The Morgan fingerprint density at radius 2 is 2.00 bits per heavy atom. The normalized spacial score (nSPS) is 16.3. The fourth-order valence-corrected chi connectivity index (χ4v) is 3.52. The first-order valence-electron chi connectivity index (χ1n) is 7.47. The third kappa shape index (κ3) is 3.88.